The number of aliphatic hydroxyl groups excluding tert-OH is 1. The van der Waals surface area contributed by atoms with Crippen LogP contribution < -0.4 is 10.6 Å². The van der Waals surface area contributed by atoms with Gasteiger partial charge in [-0.25, -0.2) is 4.39 Å². The summed E-state index contributed by atoms with van der Waals surface area (Å²) in [6.07, 6.45) is -5.83. The van der Waals surface area contributed by atoms with Crippen molar-refractivity contribution >= 4 is 5.91 Å². The lowest BCUT2D eigenvalue weighted by molar-refractivity contribution is -0.137. The monoisotopic (exact) mass is 320 g/mol. The van der Waals surface area contributed by atoms with Gasteiger partial charge in [0.15, 0.2) is 0 Å². The molecule has 1 fully saturated rings. The summed E-state index contributed by atoms with van der Waals surface area (Å²) in [4.78, 5) is 11.7. The lowest BCUT2D eigenvalue weighted by atomic mass is 10.0. The zero-order valence-electron chi connectivity index (χ0n) is 11.6. The van der Waals surface area contributed by atoms with Crippen LogP contribution in [0.5, 0.6) is 0 Å². The minimum atomic E-state index is -4.52. The Morgan fingerprint density at radius 3 is 2.77 bits per heavy atom. The van der Waals surface area contributed by atoms with E-state index in [4.69, 9.17) is 0 Å². The molecule has 1 heterocycles. The van der Waals surface area contributed by atoms with Crippen molar-refractivity contribution in [1.82, 2.24) is 10.6 Å². The molecule has 0 bridgehead atoms. The lowest BCUT2D eigenvalue weighted by Gasteiger charge is -2.19. The zero-order valence-corrected chi connectivity index (χ0v) is 11.6. The van der Waals surface area contributed by atoms with Crippen LogP contribution in [0.25, 0.3) is 0 Å². The van der Waals surface area contributed by atoms with E-state index in [2.05, 4.69) is 10.6 Å². The molecule has 1 aromatic rings. The quantitative estimate of drug-likeness (QED) is 0.738. The predicted octanol–water partition coefficient (Wildman–Crippen LogP) is 1.56. The van der Waals surface area contributed by atoms with Gasteiger partial charge in [0.1, 0.15) is 0 Å². The van der Waals surface area contributed by atoms with Crippen molar-refractivity contribution in [2.45, 2.75) is 24.4 Å². The molecular weight excluding hydrogens is 304 g/mol. The Kier molecular flexibility index (Phi) is 4.72. The van der Waals surface area contributed by atoms with E-state index in [0.717, 1.165) is 12.1 Å². The van der Waals surface area contributed by atoms with Crippen molar-refractivity contribution in [2.75, 3.05) is 19.6 Å². The van der Waals surface area contributed by atoms with Crippen LogP contribution in [-0.4, -0.2) is 36.3 Å². The average Bonchev–Trinajstić information content (AvgIpc) is 2.92. The molecule has 2 unspecified atom stereocenters. The molecule has 1 saturated heterocycles. The Hall–Kier alpha value is -1.67. The van der Waals surface area contributed by atoms with Gasteiger partial charge in [-0.15, -0.1) is 0 Å². The minimum absolute atomic E-state index is 0.00702. The van der Waals surface area contributed by atoms with Crippen molar-refractivity contribution in [3.63, 3.8) is 0 Å². The van der Waals surface area contributed by atoms with Gasteiger partial charge in [-0.3, -0.25) is 4.79 Å². The van der Waals surface area contributed by atoms with Crippen molar-refractivity contribution in [1.29, 1.82) is 0 Å². The highest BCUT2D eigenvalue weighted by atomic mass is 19.4. The first-order valence-corrected chi connectivity index (χ1v) is 6.75. The summed E-state index contributed by atoms with van der Waals surface area (Å²) in [7, 11) is 0. The smallest absolute Gasteiger partial charge is 0.387 e. The van der Waals surface area contributed by atoms with Crippen LogP contribution in [0.3, 0.4) is 0 Å². The Bertz CT molecular complexity index is 542. The molecule has 8 heteroatoms. The molecule has 0 aliphatic carbocycles. The fourth-order valence-corrected chi connectivity index (χ4v) is 2.24. The zero-order chi connectivity index (χ0) is 16.4. The topological polar surface area (TPSA) is 61.4 Å². The third kappa shape index (κ3) is 3.75. The number of carbonyl (C=O) groups excluding carboxylic acids is 1. The molecule has 1 aliphatic rings. The van der Waals surface area contributed by atoms with E-state index in [1.54, 1.807) is 0 Å². The minimum Gasteiger partial charge on any atom is -0.387 e. The number of alkyl halides is 4. The molecule has 122 valence electrons. The second kappa shape index (κ2) is 6.21. The molecule has 0 radical (unpaired) electrons. The van der Waals surface area contributed by atoms with Gasteiger partial charge in [0.05, 0.1) is 11.7 Å². The van der Waals surface area contributed by atoms with Crippen LogP contribution in [0.1, 0.15) is 23.7 Å². The Morgan fingerprint density at radius 2 is 2.18 bits per heavy atom. The molecule has 2 atom stereocenters. The van der Waals surface area contributed by atoms with Gasteiger partial charge < -0.3 is 15.7 Å². The van der Waals surface area contributed by atoms with E-state index in [1.165, 1.54) is 12.1 Å². The maximum absolute atomic E-state index is 14.1. The summed E-state index contributed by atoms with van der Waals surface area (Å²) in [5.41, 5.74) is -2.92. The van der Waals surface area contributed by atoms with Crippen LogP contribution in [-0.2, 0) is 11.0 Å². The van der Waals surface area contributed by atoms with E-state index in [1.807, 2.05) is 0 Å². The summed E-state index contributed by atoms with van der Waals surface area (Å²) >= 11 is 0. The third-order valence-electron chi connectivity index (χ3n) is 3.56. The van der Waals surface area contributed by atoms with Gasteiger partial charge in [0.2, 0.25) is 5.67 Å². The summed E-state index contributed by atoms with van der Waals surface area (Å²) < 4.78 is 51.9. The highest BCUT2D eigenvalue weighted by molar-refractivity contribution is 5.85. The normalized spacial score (nSPS) is 23.3. The number of halogens is 4. The van der Waals surface area contributed by atoms with Gasteiger partial charge in [0, 0.05) is 19.5 Å². The molecule has 4 nitrogen and oxygen atoms in total. The largest absolute Gasteiger partial charge is 0.416 e. The van der Waals surface area contributed by atoms with Gasteiger partial charge in [0.25, 0.3) is 5.91 Å². The number of nitrogens with one attached hydrogen (secondary N) is 2. The first-order chi connectivity index (χ1) is 10.2. The van der Waals surface area contributed by atoms with Crippen LogP contribution in [0.2, 0.25) is 0 Å². The third-order valence-corrected chi connectivity index (χ3v) is 3.56. The van der Waals surface area contributed by atoms with Gasteiger partial charge in [-0.1, -0.05) is 12.1 Å². The molecule has 0 spiro atoms. The molecule has 3 N–H and O–H groups in total. The van der Waals surface area contributed by atoms with Crippen molar-refractivity contribution < 1.29 is 27.5 Å². The fourth-order valence-electron chi connectivity index (χ4n) is 2.24. The summed E-state index contributed by atoms with van der Waals surface area (Å²) in [5, 5.41) is 14.8. The SMILES string of the molecule is O=C(NCC(O)c1cccc(C(F)(F)F)c1)C1(F)CCNC1. The number of hydrogen-bond acceptors (Lipinski definition) is 3. The van der Waals surface area contributed by atoms with E-state index in [0.29, 0.717) is 6.54 Å². The van der Waals surface area contributed by atoms with E-state index < -0.39 is 29.4 Å². The van der Waals surface area contributed by atoms with Crippen molar-refractivity contribution in [3.05, 3.63) is 35.4 Å². The fraction of sp³-hybridized carbons (Fsp3) is 0.500. The standard InChI is InChI=1S/C14H16F4N2O2/c15-13(4-5-19-8-13)12(22)20-7-11(21)9-2-1-3-10(6-9)14(16,17)18/h1-3,6,11,19,21H,4-5,7-8H2,(H,20,22). The second-order valence-corrected chi connectivity index (χ2v) is 5.24. The maximum Gasteiger partial charge on any atom is 0.416 e. The van der Waals surface area contributed by atoms with Crippen LogP contribution in [0.4, 0.5) is 17.6 Å². The first-order valence-electron chi connectivity index (χ1n) is 6.75. The highest BCUT2D eigenvalue weighted by Crippen LogP contribution is 2.30. The predicted molar refractivity (Wildman–Crippen MR) is 70.7 cm³/mol. The van der Waals surface area contributed by atoms with E-state index in [9.17, 15) is 27.5 Å². The molecule has 2 rings (SSSR count). The molecular formula is C14H16F4N2O2. The lowest BCUT2D eigenvalue weighted by Crippen LogP contribution is -2.46. The molecule has 0 aromatic heterocycles. The van der Waals surface area contributed by atoms with Crippen molar-refractivity contribution in [3.8, 4) is 0 Å². The summed E-state index contributed by atoms with van der Waals surface area (Å²) in [6, 6.07) is 4.17. The van der Waals surface area contributed by atoms with Gasteiger partial charge in [-0.2, -0.15) is 13.2 Å². The first kappa shape index (κ1) is 16.7. The average molecular weight is 320 g/mol. The Morgan fingerprint density at radius 1 is 1.45 bits per heavy atom. The van der Waals surface area contributed by atoms with Gasteiger partial charge >= 0.3 is 6.18 Å². The summed E-state index contributed by atoms with van der Waals surface area (Å²) in [5.74, 6) is -0.872. The molecule has 1 aromatic carbocycles. The maximum atomic E-state index is 14.1. The van der Waals surface area contributed by atoms with E-state index in [-0.39, 0.29) is 25.1 Å². The Labute approximate surface area is 124 Å². The van der Waals surface area contributed by atoms with Crippen LogP contribution >= 0.6 is 0 Å². The van der Waals surface area contributed by atoms with Crippen LogP contribution in [0.15, 0.2) is 24.3 Å². The number of benzene rings is 1. The molecule has 1 aliphatic heterocycles. The number of carbonyl (C=O) groups is 1. The highest BCUT2D eigenvalue weighted by Gasteiger charge is 2.41. The second-order valence-electron chi connectivity index (χ2n) is 5.24. The number of aliphatic hydroxyl groups is 1. The van der Waals surface area contributed by atoms with Crippen molar-refractivity contribution in [2.24, 2.45) is 0 Å². The number of hydrogen-bond donors (Lipinski definition) is 3. The van der Waals surface area contributed by atoms with Gasteiger partial charge in [-0.05, 0) is 24.2 Å². The molecule has 1 amide bonds. The molecule has 22 heavy (non-hydrogen) atoms. The number of amides is 1. The number of rotatable bonds is 4. The van der Waals surface area contributed by atoms with E-state index >= 15 is 0 Å². The van der Waals surface area contributed by atoms with Crippen LogP contribution in [0, 0.1) is 0 Å². The molecule has 0 saturated carbocycles. The Balaban J connectivity index is 1.98. The summed E-state index contributed by atoms with van der Waals surface area (Å²) in [6.45, 7) is -0.0929.